The quantitative estimate of drug-likeness (QED) is 0.296. The van der Waals surface area contributed by atoms with Gasteiger partial charge in [0.2, 0.25) is 0 Å². The molecule has 1 aromatic heterocycles. The smallest absolute Gasteiger partial charge is 0.316 e. The van der Waals surface area contributed by atoms with Gasteiger partial charge in [-0.25, -0.2) is 4.98 Å². The number of methoxy groups -OCH3 is 1. The molecular weight excluding hydrogens is 358 g/mol. The summed E-state index contributed by atoms with van der Waals surface area (Å²) in [5.41, 5.74) is 2.79. The number of carbonyl (C=O) groups excluding carboxylic acids is 1. The molecule has 0 radical (unpaired) electrons. The SMILES string of the molecule is CCC(C)N=C(Nc1c2ccccc2nc2ccccc12)SCC(=O)OC. The van der Waals surface area contributed by atoms with Gasteiger partial charge in [0.15, 0.2) is 5.17 Å². The van der Waals surface area contributed by atoms with Gasteiger partial charge in [-0.15, -0.1) is 0 Å². The zero-order chi connectivity index (χ0) is 19.2. The molecular formula is C21H23N3O2S. The highest BCUT2D eigenvalue weighted by Crippen LogP contribution is 2.31. The van der Waals surface area contributed by atoms with E-state index in [-0.39, 0.29) is 17.8 Å². The van der Waals surface area contributed by atoms with Crippen LogP contribution in [-0.4, -0.2) is 35.0 Å². The van der Waals surface area contributed by atoms with Crippen molar-refractivity contribution in [2.24, 2.45) is 4.99 Å². The number of amidine groups is 1. The summed E-state index contributed by atoms with van der Waals surface area (Å²) in [6, 6.07) is 16.2. The van der Waals surface area contributed by atoms with Gasteiger partial charge in [-0.3, -0.25) is 9.79 Å². The van der Waals surface area contributed by atoms with E-state index in [9.17, 15) is 4.79 Å². The molecule has 3 aromatic rings. The van der Waals surface area contributed by atoms with Crippen LogP contribution in [0.2, 0.25) is 0 Å². The Morgan fingerprint density at radius 2 is 1.74 bits per heavy atom. The Labute approximate surface area is 163 Å². The maximum Gasteiger partial charge on any atom is 0.316 e. The number of aliphatic imine (C=N–C) groups is 1. The fourth-order valence-corrected chi connectivity index (χ4v) is 3.47. The average molecular weight is 382 g/mol. The summed E-state index contributed by atoms with van der Waals surface area (Å²) in [5, 5.41) is 6.22. The van der Waals surface area contributed by atoms with Gasteiger partial charge in [-0.2, -0.15) is 0 Å². The number of aromatic nitrogens is 1. The predicted molar refractivity (Wildman–Crippen MR) is 115 cm³/mol. The maximum absolute atomic E-state index is 11.6. The third-order valence-electron chi connectivity index (χ3n) is 4.30. The predicted octanol–water partition coefficient (Wildman–Crippen LogP) is 4.86. The zero-order valence-corrected chi connectivity index (χ0v) is 16.5. The van der Waals surface area contributed by atoms with E-state index in [0.29, 0.717) is 5.17 Å². The van der Waals surface area contributed by atoms with Crippen molar-refractivity contribution in [3.63, 3.8) is 0 Å². The fourth-order valence-electron chi connectivity index (χ4n) is 2.66. The van der Waals surface area contributed by atoms with Crippen molar-refractivity contribution in [3.05, 3.63) is 48.5 Å². The number of hydrogen-bond donors (Lipinski definition) is 1. The lowest BCUT2D eigenvalue weighted by atomic mass is 10.1. The second-order valence-electron chi connectivity index (χ2n) is 6.20. The fraction of sp³-hybridized carbons (Fsp3) is 0.286. The van der Waals surface area contributed by atoms with Crippen molar-refractivity contribution in [1.82, 2.24) is 4.98 Å². The number of pyridine rings is 1. The number of nitrogens with zero attached hydrogens (tertiary/aromatic N) is 2. The number of anilines is 1. The largest absolute Gasteiger partial charge is 0.468 e. The minimum Gasteiger partial charge on any atom is -0.468 e. The highest BCUT2D eigenvalue weighted by Gasteiger charge is 2.13. The molecule has 0 aliphatic carbocycles. The van der Waals surface area contributed by atoms with Crippen molar-refractivity contribution in [3.8, 4) is 0 Å². The Bertz CT molecular complexity index is 933. The first-order chi connectivity index (χ1) is 13.1. The molecule has 0 amide bonds. The number of thioether (sulfide) groups is 1. The lowest BCUT2D eigenvalue weighted by Gasteiger charge is -2.16. The molecule has 1 atom stereocenters. The number of nitrogens with one attached hydrogen (secondary N) is 1. The van der Waals surface area contributed by atoms with E-state index in [2.05, 4.69) is 19.2 Å². The molecule has 1 heterocycles. The summed E-state index contributed by atoms with van der Waals surface area (Å²) < 4.78 is 4.77. The molecule has 0 aliphatic rings. The number of benzene rings is 2. The molecule has 27 heavy (non-hydrogen) atoms. The Balaban J connectivity index is 2.07. The molecule has 1 N–H and O–H groups in total. The average Bonchev–Trinajstić information content (AvgIpc) is 2.71. The second-order valence-corrected chi connectivity index (χ2v) is 7.17. The Morgan fingerprint density at radius 3 is 2.30 bits per heavy atom. The molecule has 5 nitrogen and oxygen atoms in total. The van der Waals surface area contributed by atoms with E-state index in [4.69, 9.17) is 14.7 Å². The number of para-hydroxylation sites is 2. The first-order valence-corrected chi connectivity index (χ1v) is 9.92. The van der Waals surface area contributed by atoms with Crippen LogP contribution in [0.15, 0.2) is 53.5 Å². The van der Waals surface area contributed by atoms with Crippen LogP contribution in [-0.2, 0) is 9.53 Å². The molecule has 140 valence electrons. The van der Waals surface area contributed by atoms with Crippen LogP contribution in [0.1, 0.15) is 20.3 Å². The minimum absolute atomic E-state index is 0.150. The van der Waals surface area contributed by atoms with Crippen LogP contribution in [0.25, 0.3) is 21.8 Å². The summed E-state index contributed by atoms with van der Waals surface area (Å²) in [7, 11) is 1.39. The van der Waals surface area contributed by atoms with Crippen LogP contribution in [0, 0.1) is 0 Å². The van der Waals surface area contributed by atoms with Gasteiger partial charge < -0.3 is 10.1 Å². The van der Waals surface area contributed by atoms with Gasteiger partial charge in [0.05, 0.1) is 29.6 Å². The number of carbonyl (C=O) groups is 1. The number of fused-ring (bicyclic) bond motifs is 2. The van der Waals surface area contributed by atoms with Crippen molar-refractivity contribution < 1.29 is 9.53 Å². The Kier molecular flexibility index (Phi) is 6.29. The number of hydrogen-bond acceptors (Lipinski definition) is 5. The molecule has 0 saturated heterocycles. The van der Waals surface area contributed by atoms with Crippen LogP contribution < -0.4 is 5.32 Å². The molecule has 0 saturated carbocycles. The lowest BCUT2D eigenvalue weighted by molar-refractivity contribution is -0.137. The minimum atomic E-state index is -0.275. The molecule has 6 heteroatoms. The summed E-state index contributed by atoms with van der Waals surface area (Å²) in [6.07, 6.45) is 0.918. The molecule has 1 unspecified atom stereocenters. The summed E-state index contributed by atoms with van der Waals surface area (Å²) in [5.74, 6) is -0.0669. The molecule has 0 spiro atoms. The van der Waals surface area contributed by atoms with Crippen molar-refractivity contribution in [2.45, 2.75) is 26.3 Å². The van der Waals surface area contributed by atoms with Crippen molar-refractivity contribution in [1.29, 1.82) is 0 Å². The normalized spacial score (nSPS) is 12.9. The van der Waals surface area contributed by atoms with Crippen molar-refractivity contribution in [2.75, 3.05) is 18.2 Å². The first-order valence-electron chi connectivity index (χ1n) is 8.94. The topological polar surface area (TPSA) is 63.6 Å². The molecule has 3 rings (SSSR count). The van der Waals surface area contributed by atoms with E-state index >= 15 is 0 Å². The van der Waals surface area contributed by atoms with Crippen molar-refractivity contribution >= 4 is 50.4 Å². The summed E-state index contributed by atoms with van der Waals surface area (Å²) >= 11 is 1.35. The Hall–Kier alpha value is -2.60. The molecule has 0 fully saturated rings. The van der Waals surface area contributed by atoms with Crippen LogP contribution in [0.5, 0.6) is 0 Å². The third kappa shape index (κ3) is 4.57. The van der Waals surface area contributed by atoms with E-state index in [1.165, 1.54) is 18.9 Å². The number of ether oxygens (including phenoxy) is 1. The molecule has 0 bridgehead atoms. The third-order valence-corrected chi connectivity index (χ3v) is 5.16. The number of rotatable bonds is 5. The Morgan fingerprint density at radius 1 is 1.15 bits per heavy atom. The van der Waals surface area contributed by atoms with E-state index < -0.39 is 0 Å². The highest BCUT2D eigenvalue weighted by atomic mass is 32.2. The summed E-state index contributed by atoms with van der Waals surface area (Å²) in [6.45, 7) is 4.15. The molecule has 0 aliphatic heterocycles. The van der Waals surface area contributed by atoms with E-state index in [1.807, 2.05) is 48.5 Å². The lowest BCUT2D eigenvalue weighted by Crippen LogP contribution is -2.16. The summed E-state index contributed by atoms with van der Waals surface area (Å²) in [4.78, 5) is 21.1. The van der Waals surface area contributed by atoms with E-state index in [1.54, 1.807) is 0 Å². The van der Waals surface area contributed by atoms with Gasteiger partial charge >= 0.3 is 5.97 Å². The van der Waals surface area contributed by atoms with E-state index in [0.717, 1.165) is 33.9 Å². The van der Waals surface area contributed by atoms with Crippen LogP contribution >= 0.6 is 11.8 Å². The zero-order valence-electron chi connectivity index (χ0n) is 15.7. The van der Waals surface area contributed by atoms with Gasteiger partial charge in [-0.1, -0.05) is 55.1 Å². The van der Waals surface area contributed by atoms with Gasteiger partial charge in [-0.05, 0) is 25.5 Å². The maximum atomic E-state index is 11.6. The van der Waals surface area contributed by atoms with Crippen LogP contribution in [0.4, 0.5) is 5.69 Å². The molecule has 2 aromatic carbocycles. The number of esters is 1. The van der Waals surface area contributed by atoms with Crippen LogP contribution in [0.3, 0.4) is 0 Å². The standard InChI is InChI=1S/C21H23N3O2S/c1-4-14(2)22-21(27-13-19(25)26-3)24-20-15-9-5-7-11-17(15)23-18-12-8-6-10-16(18)20/h5-12,14H,4,13H2,1-3H3,(H,22,23,24). The highest BCUT2D eigenvalue weighted by molar-refractivity contribution is 8.14. The van der Waals surface area contributed by atoms with Gasteiger partial charge in [0.1, 0.15) is 0 Å². The van der Waals surface area contributed by atoms with Gasteiger partial charge in [0, 0.05) is 16.8 Å². The monoisotopic (exact) mass is 381 g/mol. The first kappa shape index (κ1) is 19.2. The van der Waals surface area contributed by atoms with Gasteiger partial charge in [0.25, 0.3) is 0 Å². The second kappa shape index (κ2) is 8.86.